The van der Waals surface area contributed by atoms with Gasteiger partial charge in [-0.3, -0.25) is 9.78 Å². The number of aromatic nitrogens is 1. The number of hydrogen-bond donors (Lipinski definition) is 2. The lowest BCUT2D eigenvalue weighted by molar-refractivity contribution is -0.124. The highest BCUT2D eigenvalue weighted by molar-refractivity contribution is 5.96. The van der Waals surface area contributed by atoms with Crippen molar-refractivity contribution in [2.75, 3.05) is 11.9 Å². The first-order valence-electron chi connectivity index (χ1n) is 6.10. The van der Waals surface area contributed by atoms with E-state index in [0.717, 1.165) is 36.9 Å². The summed E-state index contributed by atoms with van der Waals surface area (Å²) in [6.45, 7) is 2.37. The van der Waals surface area contributed by atoms with Gasteiger partial charge in [0.2, 0.25) is 5.91 Å². The third-order valence-electron chi connectivity index (χ3n) is 3.70. The molecular weight excluding hydrogens is 285 g/mol. The van der Waals surface area contributed by atoms with Gasteiger partial charge in [0.1, 0.15) is 0 Å². The third-order valence-corrected chi connectivity index (χ3v) is 3.70. The molecule has 1 fully saturated rings. The summed E-state index contributed by atoms with van der Waals surface area (Å²) >= 11 is 0. The smallest absolute Gasteiger partial charge is 0.231 e. The topological polar surface area (TPSA) is 68.0 Å². The van der Waals surface area contributed by atoms with Crippen LogP contribution in [0.15, 0.2) is 18.5 Å². The summed E-state index contributed by atoms with van der Waals surface area (Å²) in [4.78, 5) is 16.3. The Hall–Kier alpha value is -0.840. The van der Waals surface area contributed by atoms with Gasteiger partial charge in [-0.05, 0) is 31.4 Å². The summed E-state index contributed by atoms with van der Waals surface area (Å²) in [6.07, 6.45) is 7.44. The molecular formula is C13H21Cl2N3O. The Balaban J connectivity index is 0.00000162. The molecule has 0 atom stereocenters. The highest BCUT2D eigenvalue weighted by Crippen LogP contribution is 2.38. The summed E-state index contributed by atoms with van der Waals surface area (Å²) in [5.74, 6) is 0.0619. The van der Waals surface area contributed by atoms with Crippen LogP contribution in [0.5, 0.6) is 0 Å². The number of nitrogens with one attached hydrogen (secondary N) is 1. The van der Waals surface area contributed by atoms with Crippen LogP contribution in [0.1, 0.15) is 31.2 Å². The van der Waals surface area contributed by atoms with Crippen molar-refractivity contribution < 1.29 is 4.79 Å². The lowest BCUT2D eigenvalue weighted by Crippen LogP contribution is -2.40. The molecule has 0 aromatic carbocycles. The Morgan fingerprint density at radius 3 is 2.58 bits per heavy atom. The molecule has 4 nitrogen and oxygen atoms in total. The van der Waals surface area contributed by atoms with Crippen molar-refractivity contribution in [3.63, 3.8) is 0 Å². The van der Waals surface area contributed by atoms with Crippen molar-refractivity contribution in [2.45, 2.75) is 32.6 Å². The predicted octanol–water partition coefficient (Wildman–Crippen LogP) is 2.69. The number of carbonyl (C=O) groups excluding carboxylic acids is 1. The number of pyridine rings is 1. The standard InChI is InChI=1S/C13H19N3O.2ClH/c1-10-8-15-7-4-11(10)16-12(17)13(9-14)5-2-3-6-13;;/h4,7-8H,2-3,5-6,9,14H2,1H3,(H,15,16,17);2*1H. The average Bonchev–Trinajstić information content (AvgIpc) is 2.82. The van der Waals surface area contributed by atoms with E-state index in [1.165, 1.54) is 0 Å². The predicted molar refractivity (Wildman–Crippen MR) is 82.1 cm³/mol. The lowest BCUT2D eigenvalue weighted by atomic mass is 9.85. The van der Waals surface area contributed by atoms with Gasteiger partial charge in [0.05, 0.1) is 5.41 Å². The Kier molecular flexibility index (Phi) is 7.34. The van der Waals surface area contributed by atoms with E-state index in [-0.39, 0.29) is 36.1 Å². The number of halogens is 2. The van der Waals surface area contributed by atoms with Crippen LogP contribution in [-0.2, 0) is 4.79 Å². The van der Waals surface area contributed by atoms with E-state index >= 15 is 0 Å². The normalized spacial score (nSPS) is 16.1. The summed E-state index contributed by atoms with van der Waals surface area (Å²) in [5, 5.41) is 2.98. The van der Waals surface area contributed by atoms with Crippen molar-refractivity contribution in [3.8, 4) is 0 Å². The molecule has 1 heterocycles. The van der Waals surface area contributed by atoms with Gasteiger partial charge < -0.3 is 11.1 Å². The van der Waals surface area contributed by atoms with Crippen LogP contribution < -0.4 is 11.1 Å². The van der Waals surface area contributed by atoms with Crippen molar-refractivity contribution in [3.05, 3.63) is 24.0 Å². The Morgan fingerprint density at radius 1 is 1.42 bits per heavy atom. The van der Waals surface area contributed by atoms with Crippen LogP contribution in [0.3, 0.4) is 0 Å². The van der Waals surface area contributed by atoms with Crippen molar-refractivity contribution >= 4 is 36.4 Å². The molecule has 1 amide bonds. The maximum atomic E-state index is 12.3. The van der Waals surface area contributed by atoms with Crippen molar-refractivity contribution in [1.29, 1.82) is 0 Å². The van der Waals surface area contributed by atoms with Gasteiger partial charge >= 0.3 is 0 Å². The van der Waals surface area contributed by atoms with Gasteiger partial charge in [0, 0.05) is 24.6 Å². The number of nitrogens with zero attached hydrogens (tertiary/aromatic N) is 1. The summed E-state index contributed by atoms with van der Waals surface area (Å²) < 4.78 is 0. The summed E-state index contributed by atoms with van der Waals surface area (Å²) in [5.41, 5.74) is 7.25. The van der Waals surface area contributed by atoms with Crippen LogP contribution in [0.2, 0.25) is 0 Å². The molecule has 0 radical (unpaired) electrons. The molecule has 108 valence electrons. The molecule has 3 N–H and O–H groups in total. The number of carbonyl (C=O) groups is 1. The fourth-order valence-corrected chi connectivity index (χ4v) is 2.44. The van der Waals surface area contributed by atoms with E-state index in [0.29, 0.717) is 6.54 Å². The van der Waals surface area contributed by atoms with E-state index in [1.807, 2.05) is 13.0 Å². The second-order valence-corrected chi connectivity index (χ2v) is 4.84. The average molecular weight is 306 g/mol. The van der Waals surface area contributed by atoms with E-state index in [1.54, 1.807) is 12.4 Å². The summed E-state index contributed by atoms with van der Waals surface area (Å²) in [6, 6.07) is 1.83. The molecule has 1 aliphatic carbocycles. The SMILES string of the molecule is Cc1cnccc1NC(=O)C1(CN)CCCC1.Cl.Cl. The number of amides is 1. The van der Waals surface area contributed by atoms with Crippen LogP contribution in [-0.4, -0.2) is 17.4 Å². The molecule has 1 saturated carbocycles. The Labute approximate surface area is 126 Å². The van der Waals surface area contributed by atoms with E-state index in [2.05, 4.69) is 10.3 Å². The molecule has 1 aromatic heterocycles. The number of nitrogens with two attached hydrogens (primary N) is 1. The van der Waals surface area contributed by atoms with Gasteiger partial charge in [0.15, 0.2) is 0 Å². The lowest BCUT2D eigenvalue weighted by Gasteiger charge is -2.26. The maximum Gasteiger partial charge on any atom is 0.231 e. The highest BCUT2D eigenvalue weighted by atomic mass is 35.5. The van der Waals surface area contributed by atoms with Crippen LogP contribution in [0, 0.1) is 12.3 Å². The van der Waals surface area contributed by atoms with Gasteiger partial charge in [-0.25, -0.2) is 0 Å². The van der Waals surface area contributed by atoms with Gasteiger partial charge in [-0.1, -0.05) is 12.8 Å². The van der Waals surface area contributed by atoms with Crippen LogP contribution in [0.4, 0.5) is 5.69 Å². The number of hydrogen-bond acceptors (Lipinski definition) is 3. The first-order chi connectivity index (χ1) is 8.18. The minimum Gasteiger partial charge on any atom is -0.329 e. The Morgan fingerprint density at radius 2 is 2.05 bits per heavy atom. The Bertz CT molecular complexity index is 420. The van der Waals surface area contributed by atoms with E-state index in [4.69, 9.17) is 5.73 Å². The third kappa shape index (κ3) is 3.81. The zero-order valence-electron chi connectivity index (χ0n) is 11.0. The molecule has 0 spiro atoms. The first-order valence-corrected chi connectivity index (χ1v) is 6.10. The van der Waals surface area contributed by atoms with Crippen molar-refractivity contribution in [2.24, 2.45) is 11.1 Å². The number of rotatable bonds is 3. The second kappa shape index (κ2) is 7.68. The zero-order chi connectivity index (χ0) is 12.3. The van der Waals surface area contributed by atoms with Gasteiger partial charge in [-0.2, -0.15) is 0 Å². The molecule has 6 heteroatoms. The largest absolute Gasteiger partial charge is 0.329 e. The van der Waals surface area contributed by atoms with Gasteiger partial charge in [0.25, 0.3) is 0 Å². The molecule has 0 unspecified atom stereocenters. The van der Waals surface area contributed by atoms with E-state index in [9.17, 15) is 4.79 Å². The minimum absolute atomic E-state index is 0. The van der Waals surface area contributed by atoms with Crippen molar-refractivity contribution in [1.82, 2.24) is 4.98 Å². The quantitative estimate of drug-likeness (QED) is 0.902. The molecule has 1 aromatic rings. The maximum absolute atomic E-state index is 12.3. The molecule has 0 bridgehead atoms. The number of aryl methyl sites for hydroxylation is 1. The van der Waals surface area contributed by atoms with Crippen LogP contribution in [0.25, 0.3) is 0 Å². The first kappa shape index (κ1) is 18.2. The fourth-order valence-electron chi connectivity index (χ4n) is 2.44. The molecule has 1 aliphatic rings. The molecule has 0 aliphatic heterocycles. The molecule has 2 rings (SSSR count). The molecule has 19 heavy (non-hydrogen) atoms. The van der Waals surface area contributed by atoms with Gasteiger partial charge in [-0.15, -0.1) is 24.8 Å². The fraction of sp³-hybridized carbons (Fsp3) is 0.538. The zero-order valence-corrected chi connectivity index (χ0v) is 12.6. The summed E-state index contributed by atoms with van der Waals surface area (Å²) in [7, 11) is 0. The monoisotopic (exact) mass is 305 g/mol. The van der Waals surface area contributed by atoms with E-state index < -0.39 is 0 Å². The second-order valence-electron chi connectivity index (χ2n) is 4.84. The minimum atomic E-state index is -0.351. The number of anilines is 1. The van der Waals surface area contributed by atoms with Crippen LogP contribution >= 0.6 is 24.8 Å². The highest BCUT2D eigenvalue weighted by Gasteiger charge is 2.39. The molecule has 0 saturated heterocycles.